The van der Waals surface area contributed by atoms with Gasteiger partial charge in [0.25, 0.3) is 0 Å². The van der Waals surface area contributed by atoms with Gasteiger partial charge in [-0.15, -0.1) is 0 Å². The van der Waals surface area contributed by atoms with Gasteiger partial charge in [-0.2, -0.15) is 0 Å². The van der Waals surface area contributed by atoms with E-state index in [4.69, 9.17) is 0 Å². The van der Waals surface area contributed by atoms with Crippen LogP contribution in [0.15, 0.2) is 12.3 Å². The first-order valence-corrected chi connectivity index (χ1v) is 2.53. The minimum atomic E-state index is 0. The molecule has 0 aromatic carbocycles. The Balaban J connectivity index is 0. The molecule has 50 valence electrons. The Morgan fingerprint density at radius 2 is 1.62 bits per heavy atom. The van der Waals surface area contributed by atoms with Crippen molar-refractivity contribution in [3.05, 3.63) is 12.3 Å². The van der Waals surface area contributed by atoms with E-state index in [2.05, 4.69) is 32.6 Å². The largest absolute Gasteiger partial charge is 1.00 e. The molecule has 0 saturated carbocycles. The van der Waals surface area contributed by atoms with Crippen LogP contribution in [0.2, 0.25) is 0 Å². The van der Waals surface area contributed by atoms with Crippen molar-refractivity contribution < 1.29 is 18.1 Å². The van der Waals surface area contributed by atoms with Crippen molar-refractivity contribution in [3.63, 3.8) is 0 Å². The normalized spacial score (nSPS) is 11.5. The summed E-state index contributed by atoms with van der Waals surface area (Å²) in [5, 5.41) is 0. The van der Waals surface area contributed by atoms with Crippen LogP contribution in [0.25, 0.3) is 0 Å². The van der Waals surface area contributed by atoms with Crippen LogP contribution in [0.5, 0.6) is 0 Å². The highest BCUT2D eigenvalue weighted by Gasteiger charge is 2.02. The fourth-order valence-electron chi connectivity index (χ4n) is 0.354. The molecule has 0 spiro atoms. The van der Waals surface area contributed by atoms with Gasteiger partial charge in [-0.1, -0.05) is 20.8 Å². The molecule has 0 fully saturated rings. The van der Waals surface area contributed by atoms with Crippen LogP contribution in [-0.4, -0.2) is 0 Å². The summed E-state index contributed by atoms with van der Waals surface area (Å²) in [6, 6.07) is 0. The topological polar surface area (TPSA) is 27.6 Å². The van der Waals surface area contributed by atoms with Gasteiger partial charge in [-0.3, -0.25) is 0 Å². The van der Waals surface area contributed by atoms with Crippen LogP contribution >= 0.6 is 0 Å². The Bertz CT molecular complexity index is 71.1. The molecular formula is C6H14ClN. The SMILES string of the molecule is CC(C)(C)C=C[NH3+].[Cl-]. The summed E-state index contributed by atoms with van der Waals surface area (Å²) in [6.45, 7) is 6.44. The maximum Gasteiger partial charge on any atom is 0.0874 e. The highest BCUT2D eigenvalue weighted by molar-refractivity contribution is 4.85. The molecule has 3 N–H and O–H groups in total. The van der Waals surface area contributed by atoms with Gasteiger partial charge in [-0.25, -0.2) is 0 Å². The van der Waals surface area contributed by atoms with Crippen LogP contribution in [0.3, 0.4) is 0 Å². The minimum Gasteiger partial charge on any atom is -1.00 e. The second-order valence-electron chi connectivity index (χ2n) is 2.77. The first-order valence-electron chi connectivity index (χ1n) is 2.53. The summed E-state index contributed by atoms with van der Waals surface area (Å²) < 4.78 is 0. The summed E-state index contributed by atoms with van der Waals surface area (Å²) in [7, 11) is 0. The number of rotatable bonds is 0. The molecule has 0 heterocycles. The lowest BCUT2D eigenvalue weighted by Crippen LogP contribution is -3.00. The lowest BCUT2D eigenvalue weighted by molar-refractivity contribution is -0.275. The van der Waals surface area contributed by atoms with Crippen molar-refractivity contribution in [2.75, 3.05) is 0 Å². The molecular weight excluding hydrogens is 122 g/mol. The van der Waals surface area contributed by atoms with Gasteiger partial charge in [0.2, 0.25) is 0 Å². The van der Waals surface area contributed by atoms with Gasteiger partial charge in [-0.05, 0) is 11.5 Å². The third-order valence-corrected chi connectivity index (χ3v) is 0.618. The van der Waals surface area contributed by atoms with E-state index in [0.29, 0.717) is 5.41 Å². The van der Waals surface area contributed by atoms with Crippen LogP contribution < -0.4 is 18.1 Å². The molecule has 0 aliphatic heterocycles. The first-order chi connectivity index (χ1) is 3.06. The van der Waals surface area contributed by atoms with Gasteiger partial charge >= 0.3 is 0 Å². The van der Waals surface area contributed by atoms with Crippen molar-refractivity contribution in [1.82, 2.24) is 0 Å². The molecule has 0 radical (unpaired) electrons. The van der Waals surface area contributed by atoms with Gasteiger partial charge in [0.05, 0.1) is 6.20 Å². The number of halogens is 1. The number of hydrogen-bond acceptors (Lipinski definition) is 0. The average Bonchev–Trinajstić information content (AvgIpc) is 1.30. The fraction of sp³-hybridized carbons (Fsp3) is 0.667. The molecule has 0 saturated heterocycles. The number of allylic oxidation sites excluding steroid dienone is 1. The molecule has 0 atom stereocenters. The molecule has 0 aliphatic carbocycles. The van der Waals surface area contributed by atoms with E-state index in [-0.39, 0.29) is 12.4 Å². The third kappa shape index (κ3) is 9.37. The third-order valence-electron chi connectivity index (χ3n) is 0.618. The molecule has 0 aliphatic rings. The van der Waals surface area contributed by atoms with Crippen LogP contribution in [0.1, 0.15) is 20.8 Å². The molecule has 0 bridgehead atoms. The average molecular weight is 136 g/mol. The van der Waals surface area contributed by atoms with Crippen LogP contribution in [0, 0.1) is 5.41 Å². The van der Waals surface area contributed by atoms with E-state index in [9.17, 15) is 0 Å². The van der Waals surface area contributed by atoms with Gasteiger partial charge in [0.1, 0.15) is 0 Å². The van der Waals surface area contributed by atoms with Crippen molar-refractivity contribution in [2.45, 2.75) is 20.8 Å². The predicted molar refractivity (Wildman–Crippen MR) is 31.5 cm³/mol. The summed E-state index contributed by atoms with van der Waals surface area (Å²) in [5.41, 5.74) is 3.90. The van der Waals surface area contributed by atoms with E-state index >= 15 is 0 Å². The van der Waals surface area contributed by atoms with Crippen molar-refractivity contribution >= 4 is 0 Å². The van der Waals surface area contributed by atoms with Crippen LogP contribution in [-0.2, 0) is 0 Å². The molecule has 0 unspecified atom stereocenters. The van der Waals surface area contributed by atoms with Gasteiger partial charge < -0.3 is 18.1 Å². The Hall–Kier alpha value is -0.0100. The monoisotopic (exact) mass is 135 g/mol. The van der Waals surface area contributed by atoms with Crippen molar-refractivity contribution in [3.8, 4) is 0 Å². The Labute approximate surface area is 57.4 Å². The Kier molecular flexibility index (Phi) is 5.34. The minimum absolute atomic E-state index is 0. The number of quaternary nitrogens is 1. The Morgan fingerprint density at radius 1 is 1.25 bits per heavy atom. The highest BCUT2D eigenvalue weighted by atomic mass is 35.5. The molecule has 1 nitrogen and oxygen atoms in total. The van der Waals surface area contributed by atoms with E-state index in [1.54, 1.807) is 0 Å². The fourth-order valence-corrected chi connectivity index (χ4v) is 0.354. The summed E-state index contributed by atoms with van der Waals surface area (Å²) in [4.78, 5) is 0. The molecule has 8 heavy (non-hydrogen) atoms. The quantitative estimate of drug-likeness (QED) is 0.390. The standard InChI is InChI=1S/C6H13N.ClH/c1-6(2,3)4-5-7;/h4-5H,7H2,1-3H3;1H. The predicted octanol–water partition coefficient (Wildman–Crippen LogP) is -2.21. The van der Waals surface area contributed by atoms with Crippen molar-refractivity contribution in [2.24, 2.45) is 5.41 Å². The van der Waals surface area contributed by atoms with Crippen LogP contribution in [0.4, 0.5) is 0 Å². The molecule has 2 heteroatoms. The van der Waals surface area contributed by atoms with E-state index in [1.165, 1.54) is 0 Å². The van der Waals surface area contributed by atoms with Gasteiger partial charge in [0, 0.05) is 0 Å². The maximum atomic E-state index is 3.59. The summed E-state index contributed by atoms with van der Waals surface area (Å²) >= 11 is 0. The van der Waals surface area contributed by atoms with Crippen molar-refractivity contribution in [1.29, 1.82) is 0 Å². The summed E-state index contributed by atoms with van der Waals surface area (Å²) in [6.07, 6.45) is 3.91. The first kappa shape index (κ1) is 10.9. The molecule has 0 aromatic rings. The van der Waals surface area contributed by atoms with E-state index < -0.39 is 0 Å². The molecule has 0 rings (SSSR count). The molecule has 0 amide bonds. The lowest BCUT2D eigenvalue weighted by Gasteiger charge is -2.07. The second-order valence-corrected chi connectivity index (χ2v) is 2.77. The smallest absolute Gasteiger partial charge is 0.0874 e. The second kappa shape index (κ2) is 3.93. The maximum absolute atomic E-state index is 3.59. The number of hydrogen-bond donors (Lipinski definition) is 1. The van der Waals surface area contributed by atoms with Gasteiger partial charge in [0.15, 0.2) is 0 Å². The zero-order valence-electron chi connectivity index (χ0n) is 5.74. The zero-order chi connectivity index (χ0) is 5.91. The lowest BCUT2D eigenvalue weighted by atomic mass is 9.97. The van der Waals surface area contributed by atoms with E-state index in [1.807, 2.05) is 6.20 Å². The summed E-state index contributed by atoms with van der Waals surface area (Å²) in [5.74, 6) is 0. The molecule has 0 aromatic heterocycles. The zero-order valence-corrected chi connectivity index (χ0v) is 6.50. The Morgan fingerprint density at radius 3 is 1.62 bits per heavy atom. The highest BCUT2D eigenvalue weighted by Crippen LogP contribution is 2.12. The van der Waals surface area contributed by atoms with E-state index in [0.717, 1.165) is 0 Å².